The fourth-order valence-electron chi connectivity index (χ4n) is 1.20. The zero-order valence-electron chi connectivity index (χ0n) is 8.02. The zero-order chi connectivity index (χ0) is 9.84. The summed E-state index contributed by atoms with van der Waals surface area (Å²) in [4.78, 5) is 5.00. The molecule has 0 saturated heterocycles. The zero-order valence-corrected chi connectivity index (χ0v) is 9.60. The minimum atomic E-state index is 1.04. The standard InChI is InChI=1S/C9H13BrN2O/c1-6-4-7(10)9(12-13-3)8(5-6)11-2/h4-5,11-12H,1-3H3/p+1. The second kappa shape index (κ2) is 4.60. The lowest BCUT2D eigenvalue weighted by molar-refractivity contribution is -0.830. The fourth-order valence-corrected chi connectivity index (χ4v) is 1.87. The van der Waals surface area contributed by atoms with Crippen LogP contribution < -0.4 is 10.8 Å². The molecule has 0 aliphatic rings. The maximum atomic E-state index is 5.00. The van der Waals surface area contributed by atoms with Crippen LogP contribution in [-0.4, -0.2) is 14.2 Å². The molecule has 0 fully saturated rings. The Morgan fingerprint density at radius 2 is 2.15 bits per heavy atom. The summed E-state index contributed by atoms with van der Waals surface area (Å²) < 4.78 is 1.04. The fraction of sp³-hybridized carbons (Fsp3) is 0.333. The van der Waals surface area contributed by atoms with Crippen molar-refractivity contribution in [3.63, 3.8) is 0 Å². The van der Waals surface area contributed by atoms with E-state index in [1.54, 1.807) is 12.6 Å². The van der Waals surface area contributed by atoms with Crippen molar-refractivity contribution in [1.82, 2.24) is 0 Å². The highest BCUT2D eigenvalue weighted by Gasteiger charge is 2.10. The average molecular weight is 246 g/mol. The topological polar surface area (TPSA) is 37.9 Å². The van der Waals surface area contributed by atoms with E-state index in [1.165, 1.54) is 5.56 Å². The van der Waals surface area contributed by atoms with Gasteiger partial charge in [-0.3, -0.25) is 0 Å². The molecular formula is C9H14BrN2O+. The molecule has 0 amide bonds. The van der Waals surface area contributed by atoms with Crippen molar-refractivity contribution in [1.29, 1.82) is 0 Å². The number of hydrogen-bond acceptors (Lipinski definition) is 2. The van der Waals surface area contributed by atoms with Gasteiger partial charge in [0.05, 0.1) is 11.6 Å². The van der Waals surface area contributed by atoms with E-state index in [9.17, 15) is 0 Å². The normalized spacial score (nSPS) is 10.2. The van der Waals surface area contributed by atoms with Gasteiger partial charge in [-0.05, 0) is 40.5 Å². The largest absolute Gasteiger partial charge is 0.383 e. The maximum absolute atomic E-state index is 5.00. The van der Waals surface area contributed by atoms with Crippen molar-refractivity contribution in [2.75, 3.05) is 19.5 Å². The van der Waals surface area contributed by atoms with Crippen LogP contribution in [0.3, 0.4) is 0 Å². The molecule has 0 spiro atoms. The summed E-state index contributed by atoms with van der Waals surface area (Å²) in [7, 11) is 3.54. The third-order valence-corrected chi connectivity index (χ3v) is 2.44. The van der Waals surface area contributed by atoms with Gasteiger partial charge in [-0.1, -0.05) is 0 Å². The monoisotopic (exact) mass is 245 g/mol. The van der Waals surface area contributed by atoms with E-state index in [0.29, 0.717) is 0 Å². The van der Waals surface area contributed by atoms with Gasteiger partial charge in [-0.25, -0.2) is 4.84 Å². The van der Waals surface area contributed by atoms with Crippen LogP contribution in [0.4, 0.5) is 11.4 Å². The molecule has 0 aliphatic heterocycles. The highest BCUT2D eigenvalue weighted by molar-refractivity contribution is 9.10. The number of rotatable bonds is 3. The van der Waals surface area contributed by atoms with Crippen LogP contribution in [0.15, 0.2) is 16.6 Å². The number of anilines is 1. The number of nitrogens with two attached hydrogens (primary N) is 1. The van der Waals surface area contributed by atoms with E-state index >= 15 is 0 Å². The summed E-state index contributed by atoms with van der Waals surface area (Å²) in [6, 6.07) is 4.14. The number of aryl methyl sites for hydroxylation is 1. The molecule has 0 aromatic heterocycles. The van der Waals surface area contributed by atoms with Crippen molar-refractivity contribution in [2.24, 2.45) is 0 Å². The summed E-state index contributed by atoms with van der Waals surface area (Å²) in [6.45, 7) is 2.06. The molecule has 3 N–H and O–H groups in total. The summed E-state index contributed by atoms with van der Waals surface area (Å²) in [5, 5.41) is 3.12. The van der Waals surface area contributed by atoms with Crippen molar-refractivity contribution >= 4 is 27.3 Å². The summed E-state index contributed by atoms with van der Waals surface area (Å²) in [5.74, 6) is 0. The van der Waals surface area contributed by atoms with Gasteiger partial charge in [0, 0.05) is 7.05 Å². The number of hydrogen-bond donors (Lipinski definition) is 2. The first kappa shape index (κ1) is 10.5. The van der Waals surface area contributed by atoms with Gasteiger partial charge in [-0.2, -0.15) is 5.48 Å². The van der Waals surface area contributed by atoms with Gasteiger partial charge < -0.3 is 5.32 Å². The number of quaternary nitrogens is 1. The second-order valence-corrected chi connectivity index (χ2v) is 3.67. The van der Waals surface area contributed by atoms with Crippen LogP contribution in [0.2, 0.25) is 0 Å². The van der Waals surface area contributed by atoms with E-state index in [4.69, 9.17) is 4.84 Å². The molecular weight excluding hydrogens is 232 g/mol. The Morgan fingerprint density at radius 3 is 2.69 bits per heavy atom. The van der Waals surface area contributed by atoms with Crippen LogP contribution in [0.5, 0.6) is 0 Å². The first-order valence-corrected chi connectivity index (χ1v) is 4.82. The molecule has 0 atom stereocenters. The Hall–Kier alpha value is -0.580. The predicted octanol–water partition coefficient (Wildman–Crippen LogP) is 1.56. The SMILES string of the molecule is CNc1cc(C)cc(Br)c1[NH2+]OC. The molecule has 0 heterocycles. The van der Waals surface area contributed by atoms with E-state index < -0.39 is 0 Å². The lowest BCUT2D eigenvalue weighted by atomic mass is 10.2. The van der Waals surface area contributed by atoms with E-state index in [2.05, 4.69) is 40.3 Å². The minimum absolute atomic E-state index is 1.04. The molecule has 13 heavy (non-hydrogen) atoms. The molecule has 3 nitrogen and oxygen atoms in total. The van der Waals surface area contributed by atoms with Crippen LogP contribution in [-0.2, 0) is 4.84 Å². The quantitative estimate of drug-likeness (QED) is 0.627. The van der Waals surface area contributed by atoms with Gasteiger partial charge >= 0.3 is 0 Å². The highest BCUT2D eigenvalue weighted by Crippen LogP contribution is 2.27. The van der Waals surface area contributed by atoms with Crippen LogP contribution in [0, 0.1) is 6.92 Å². The van der Waals surface area contributed by atoms with Crippen LogP contribution in [0.25, 0.3) is 0 Å². The molecule has 72 valence electrons. The first-order valence-electron chi connectivity index (χ1n) is 4.03. The summed E-state index contributed by atoms with van der Waals surface area (Å²) in [5.41, 5.74) is 5.03. The highest BCUT2D eigenvalue weighted by atomic mass is 79.9. The Bertz CT molecular complexity index is 302. The Morgan fingerprint density at radius 1 is 1.46 bits per heavy atom. The van der Waals surface area contributed by atoms with Crippen LogP contribution >= 0.6 is 15.9 Å². The van der Waals surface area contributed by atoms with Crippen molar-refractivity contribution in [2.45, 2.75) is 6.92 Å². The predicted molar refractivity (Wildman–Crippen MR) is 57.0 cm³/mol. The van der Waals surface area contributed by atoms with E-state index in [-0.39, 0.29) is 0 Å². The minimum Gasteiger partial charge on any atom is -0.383 e. The number of halogens is 1. The molecule has 0 aliphatic carbocycles. The van der Waals surface area contributed by atoms with E-state index in [1.807, 2.05) is 7.05 Å². The first-order chi connectivity index (χ1) is 6.19. The van der Waals surface area contributed by atoms with Gasteiger partial charge in [0.25, 0.3) is 0 Å². The summed E-state index contributed by atoms with van der Waals surface area (Å²) in [6.07, 6.45) is 0. The van der Waals surface area contributed by atoms with E-state index in [0.717, 1.165) is 15.8 Å². The molecule has 0 radical (unpaired) electrons. The third kappa shape index (κ3) is 2.43. The lowest BCUT2D eigenvalue weighted by Crippen LogP contribution is -2.76. The second-order valence-electron chi connectivity index (χ2n) is 2.81. The maximum Gasteiger partial charge on any atom is 0.199 e. The van der Waals surface area contributed by atoms with Crippen LogP contribution in [0.1, 0.15) is 5.56 Å². The molecule has 0 saturated carbocycles. The smallest absolute Gasteiger partial charge is 0.199 e. The Labute approximate surface area is 86.6 Å². The summed E-state index contributed by atoms with van der Waals surface area (Å²) >= 11 is 3.49. The van der Waals surface area contributed by atoms with Crippen molar-refractivity contribution in [3.8, 4) is 0 Å². The van der Waals surface area contributed by atoms with Crippen molar-refractivity contribution < 1.29 is 10.3 Å². The molecule has 1 aromatic carbocycles. The van der Waals surface area contributed by atoms with Gasteiger partial charge in [0.15, 0.2) is 5.69 Å². The third-order valence-electron chi connectivity index (χ3n) is 1.78. The van der Waals surface area contributed by atoms with Gasteiger partial charge in [0.2, 0.25) is 0 Å². The van der Waals surface area contributed by atoms with Gasteiger partial charge in [0.1, 0.15) is 5.69 Å². The molecule has 1 rings (SSSR count). The molecule has 4 heteroatoms. The molecule has 1 aromatic rings. The Balaban J connectivity index is 3.13. The Kier molecular flexibility index (Phi) is 3.71. The number of nitrogens with one attached hydrogen (secondary N) is 1. The molecule has 0 unspecified atom stereocenters. The van der Waals surface area contributed by atoms with Crippen molar-refractivity contribution in [3.05, 3.63) is 22.2 Å². The van der Waals surface area contributed by atoms with Gasteiger partial charge in [-0.15, -0.1) is 0 Å². The lowest BCUT2D eigenvalue weighted by Gasteiger charge is -2.08. The molecule has 0 bridgehead atoms. The average Bonchev–Trinajstić information content (AvgIpc) is 2.09. The number of benzene rings is 1.